The van der Waals surface area contributed by atoms with E-state index < -0.39 is 0 Å². The first kappa shape index (κ1) is 5.19. The minimum atomic E-state index is 0.580. The average Bonchev–Trinajstić information content (AvgIpc) is 1.63. The zero-order valence-corrected chi connectivity index (χ0v) is 4.54. The molecule has 0 aliphatic heterocycles. The molecule has 1 aliphatic rings. The highest BCUT2D eigenvalue weighted by atomic mass is 15.1. The standard InChI is InChI=1S/C5H7N3/c6-8-7-4-5-2-1-3-5/h2H,1,3-4H2. The first-order valence-electron chi connectivity index (χ1n) is 2.62. The predicted octanol–water partition coefficient (Wildman–Crippen LogP) is 2.02. The molecule has 0 saturated carbocycles. The Morgan fingerprint density at radius 3 is 3.00 bits per heavy atom. The van der Waals surface area contributed by atoms with Crippen LogP contribution in [-0.2, 0) is 0 Å². The Morgan fingerprint density at radius 1 is 1.88 bits per heavy atom. The maximum atomic E-state index is 7.87. The van der Waals surface area contributed by atoms with Gasteiger partial charge in [0.1, 0.15) is 0 Å². The normalized spacial score (nSPS) is 15.8. The molecule has 0 aromatic rings. The Hall–Kier alpha value is -0.950. The van der Waals surface area contributed by atoms with Gasteiger partial charge in [0.15, 0.2) is 0 Å². The summed E-state index contributed by atoms with van der Waals surface area (Å²) >= 11 is 0. The first-order valence-corrected chi connectivity index (χ1v) is 2.62. The van der Waals surface area contributed by atoms with E-state index >= 15 is 0 Å². The molecule has 1 rings (SSSR count). The molecule has 0 unspecified atom stereocenters. The van der Waals surface area contributed by atoms with E-state index in [2.05, 4.69) is 16.1 Å². The van der Waals surface area contributed by atoms with Gasteiger partial charge in [0.05, 0.1) is 0 Å². The molecule has 8 heavy (non-hydrogen) atoms. The van der Waals surface area contributed by atoms with Gasteiger partial charge in [0.25, 0.3) is 0 Å². The summed E-state index contributed by atoms with van der Waals surface area (Å²) in [4.78, 5) is 2.64. The summed E-state index contributed by atoms with van der Waals surface area (Å²) in [5.74, 6) is 0. The van der Waals surface area contributed by atoms with Crippen molar-refractivity contribution in [1.82, 2.24) is 0 Å². The molecule has 0 atom stereocenters. The third kappa shape index (κ3) is 1.01. The van der Waals surface area contributed by atoms with Crippen molar-refractivity contribution in [1.29, 1.82) is 0 Å². The summed E-state index contributed by atoms with van der Waals surface area (Å²) in [6, 6.07) is 0. The highest BCUT2D eigenvalue weighted by Gasteiger charge is 2.01. The number of nitrogens with zero attached hydrogens (tertiary/aromatic N) is 3. The van der Waals surface area contributed by atoms with Crippen LogP contribution in [0.4, 0.5) is 0 Å². The van der Waals surface area contributed by atoms with E-state index in [1.54, 1.807) is 0 Å². The van der Waals surface area contributed by atoms with Gasteiger partial charge < -0.3 is 0 Å². The van der Waals surface area contributed by atoms with Gasteiger partial charge in [-0.25, -0.2) is 0 Å². The van der Waals surface area contributed by atoms with E-state index in [4.69, 9.17) is 5.53 Å². The predicted molar refractivity (Wildman–Crippen MR) is 31.3 cm³/mol. The number of azide groups is 1. The van der Waals surface area contributed by atoms with Crippen molar-refractivity contribution < 1.29 is 0 Å². The fourth-order valence-corrected chi connectivity index (χ4v) is 0.615. The molecule has 0 spiro atoms. The van der Waals surface area contributed by atoms with E-state index in [0.717, 1.165) is 12.8 Å². The number of allylic oxidation sites excluding steroid dienone is 1. The SMILES string of the molecule is [N-]=[N+]=NCC1=CCC1. The quantitative estimate of drug-likeness (QED) is 0.225. The van der Waals surface area contributed by atoms with Crippen LogP contribution in [0, 0.1) is 0 Å². The summed E-state index contributed by atoms with van der Waals surface area (Å²) in [6.07, 6.45) is 4.39. The van der Waals surface area contributed by atoms with Crippen LogP contribution in [-0.4, -0.2) is 6.54 Å². The first-order chi connectivity index (χ1) is 3.93. The zero-order valence-electron chi connectivity index (χ0n) is 4.54. The topological polar surface area (TPSA) is 48.8 Å². The van der Waals surface area contributed by atoms with Crippen LogP contribution >= 0.6 is 0 Å². The second kappa shape index (κ2) is 2.38. The minimum Gasteiger partial charge on any atom is -0.0896 e. The highest BCUT2D eigenvalue weighted by Crippen LogP contribution is 2.17. The van der Waals surface area contributed by atoms with Gasteiger partial charge in [-0.2, -0.15) is 0 Å². The zero-order chi connectivity index (χ0) is 5.82. The lowest BCUT2D eigenvalue weighted by atomic mass is 10.00. The van der Waals surface area contributed by atoms with Crippen molar-refractivity contribution in [3.05, 3.63) is 22.1 Å². The molecule has 0 aromatic carbocycles. The van der Waals surface area contributed by atoms with Crippen molar-refractivity contribution in [2.45, 2.75) is 12.8 Å². The Bertz CT molecular complexity index is 153. The van der Waals surface area contributed by atoms with Crippen LogP contribution in [0.1, 0.15) is 12.8 Å². The molecule has 1 aliphatic carbocycles. The van der Waals surface area contributed by atoms with Gasteiger partial charge in [-0.1, -0.05) is 16.8 Å². The van der Waals surface area contributed by atoms with E-state index in [9.17, 15) is 0 Å². The van der Waals surface area contributed by atoms with Crippen molar-refractivity contribution in [3.63, 3.8) is 0 Å². The molecule has 0 radical (unpaired) electrons. The monoisotopic (exact) mass is 109 g/mol. The Balaban J connectivity index is 2.29. The molecule has 0 amide bonds. The van der Waals surface area contributed by atoms with Crippen molar-refractivity contribution in [3.8, 4) is 0 Å². The second-order valence-electron chi connectivity index (χ2n) is 1.79. The van der Waals surface area contributed by atoms with Crippen LogP contribution < -0.4 is 0 Å². The van der Waals surface area contributed by atoms with E-state index in [1.807, 2.05) is 0 Å². The number of hydrogen-bond acceptors (Lipinski definition) is 1. The lowest BCUT2D eigenvalue weighted by molar-refractivity contribution is 0.833. The third-order valence-electron chi connectivity index (χ3n) is 1.24. The summed E-state index contributed by atoms with van der Waals surface area (Å²) in [6.45, 7) is 0.580. The summed E-state index contributed by atoms with van der Waals surface area (Å²) in [5.41, 5.74) is 9.15. The lowest BCUT2D eigenvalue weighted by Crippen LogP contribution is -1.95. The summed E-state index contributed by atoms with van der Waals surface area (Å²) in [5, 5.41) is 3.41. The van der Waals surface area contributed by atoms with Crippen LogP contribution in [0.5, 0.6) is 0 Å². The number of hydrogen-bond donors (Lipinski definition) is 0. The third-order valence-corrected chi connectivity index (χ3v) is 1.24. The lowest BCUT2D eigenvalue weighted by Gasteiger charge is -2.09. The largest absolute Gasteiger partial charge is 0.0896 e. The molecule has 3 nitrogen and oxygen atoms in total. The van der Waals surface area contributed by atoms with Gasteiger partial charge in [-0.3, -0.25) is 0 Å². The Morgan fingerprint density at radius 2 is 2.62 bits per heavy atom. The highest BCUT2D eigenvalue weighted by molar-refractivity contribution is 5.13. The summed E-state index contributed by atoms with van der Waals surface area (Å²) < 4.78 is 0. The van der Waals surface area contributed by atoms with Gasteiger partial charge in [0, 0.05) is 11.5 Å². The van der Waals surface area contributed by atoms with Gasteiger partial charge >= 0.3 is 0 Å². The molecule has 0 saturated heterocycles. The molecule has 0 heterocycles. The van der Waals surface area contributed by atoms with E-state index in [0.29, 0.717) is 6.54 Å². The maximum Gasteiger partial charge on any atom is 0.0470 e. The molecule has 42 valence electrons. The summed E-state index contributed by atoms with van der Waals surface area (Å²) in [7, 11) is 0. The smallest absolute Gasteiger partial charge is 0.0470 e. The van der Waals surface area contributed by atoms with Crippen molar-refractivity contribution in [2.75, 3.05) is 6.54 Å². The molecular weight excluding hydrogens is 102 g/mol. The molecule has 0 bridgehead atoms. The Kier molecular flexibility index (Phi) is 1.55. The molecule has 0 aromatic heterocycles. The van der Waals surface area contributed by atoms with Gasteiger partial charge in [0.2, 0.25) is 0 Å². The van der Waals surface area contributed by atoms with Crippen LogP contribution in [0.15, 0.2) is 16.8 Å². The Labute approximate surface area is 47.6 Å². The van der Waals surface area contributed by atoms with Crippen molar-refractivity contribution >= 4 is 0 Å². The molecule has 0 N–H and O–H groups in total. The van der Waals surface area contributed by atoms with E-state index in [1.165, 1.54) is 5.57 Å². The maximum absolute atomic E-state index is 7.87. The van der Waals surface area contributed by atoms with Crippen LogP contribution in [0.3, 0.4) is 0 Å². The van der Waals surface area contributed by atoms with Crippen LogP contribution in [0.25, 0.3) is 10.4 Å². The fourth-order valence-electron chi connectivity index (χ4n) is 0.615. The number of rotatable bonds is 2. The second-order valence-corrected chi connectivity index (χ2v) is 1.79. The van der Waals surface area contributed by atoms with Gasteiger partial charge in [-0.15, -0.1) is 0 Å². The molecule has 3 heteroatoms. The van der Waals surface area contributed by atoms with Crippen molar-refractivity contribution in [2.24, 2.45) is 5.11 Å². The average molecular weight is 109 g/mol. The van der Waals surface area contributed by atoms with E-state index in [-0.39, 0.29) is 0 Å². The fraction of sp³-hybridized carbons (Fsp3) is 0.600. The molecular formula is C5H7N3. The van der Waals surface area contributed by atoms with Crippen LogP contribution in [0.2, 0.25) is 0 Å². The van der Waals surface area contributed by atoms with Gasteiger partial charge in [-0.05, 0) is 18.4 Å². The molecule has 0 fully saturated rings. The minimum absolute atomic E-state index is 0.580.